The van der Waals surface area contributed by atoms with Gasteiger partial charge in [-0.1, -0.05) is 46.3 Å². The summed E-state index contributed by atoms with van der Waals surface area (Å²) < 4.78 is 14.9. The van der Waals surface area contributed by atoms with Crippen LogP contribution in [0.4, 0.5) is 10.1 Å². The predicted molar refractivity (Wildman–Crippen MR) is 90.0 cm³/mol. The molecule has 2 rings (SSSR count). The number of hydrogen-bond donors (Lipinski definition) is 1. The molecule has 0 bridgehead atoms. The van der Waals surface area contributed by atoms with E-state index in [4.69, 9.17) is 5.73 Å². The van der Waals surface area contributed by atoms with Crippen molar-refractivity contribution in [3.05, 3.63) is 64.4 Å². The topological polar surface area (TPSA) is 29.3 Å². The fourth-order valence-corrected chi connectivity index (χ4v) is 2.96. The molecule has 0 radical (unpaired) electrons. The second kappa shape index (κ2) is 7.57. The molecule has 1 unspecified atom stereocenters. The zero-order chi connectivity index (χ0) is 15.2. The third-order valence-corrected chi connectivity index (χ3v) is 4.31. The summed E-state index contributed by atoms with van der Waals surface area (Å²) in [6.45, 7) is 3.50. The zero-order valence-corrected chi connectivity index (χ0v) is 13.7. The molecular weight excluding hydrogens is 331 g/mol. The van der Waals surface area contributed by atoms with Crippen molar-refractivity contribution in [2.75, 3.05) is 18.0 Å². The van der Waals surface area contributed by atoms with Gasteiger partial charge in [-0.3, -0.25) is 0 Å². The molecule has 0 aliphatic rings. The summed E-state index contributed by atoms with van der Waals surface area (Å²) in [7, 11) is 0. The van der Waals surface area contributed by atoms with E-state index >= 15 is 0 Å². The highest BCUT2D eigenvalue weighted by Gasteiger charge is 2.13. The third kappa shape index (κ3) is 4.05. The Morgan fingerprint density at radius 1 is 1.14 bits per heavy atom. The molecule has 0 saturated heterocycles. The van der Waals surface area contributed by atoms with E-state index in [0.29, 0.717) is 5.69 Å². The first kappa shape index (κ1) is 16.0. The molecule has 0 amide bonds. The zero-order valence-electron chi connectivity index (χ0n) is 12.1. The Morgan fingerprint density at radius 2 is 1.81 bits per heavy atom. The summed E-state index contributed by atoms with van der Waals surface area (Å²) >= 11 is 3.52. The van der Waals surface area contributed by atoms with Crippen molar-refractivity contribution in [2.45, 2.75) is 19.4 Å². The Bertz CT molecular complexity index is 589. The maximum absolute atomic E-state index is 13.9. The summed E-state index contributed by atoms with van der Waals surface area (Å²) in [6, 6.07) is 14.8. The summed E-state index contributed by atoms with van der Waals surface area (Å²) in [5, 5.41) is 0. The molecule has 0 aliphatic carbocycles. The first-order valence-corrected chi connectivity index (χ1v) is 7.92. The molecule has 1 atom stereocenters. The van der Waals surface area contributed by atoms with E-state index in [1.165, 1.54) is 6.07 Å². The average molecular weight is 351 g/mol. The molecule has 0 spiro atoms. The molecule has 0 aromatic heterocycles. The van der Waals surface area contributed by atoms with Crippen molar-refractivity contribution in [3.63, 3.8) is 0 Å². The second-order valence-electron chi connectivity index (χ2n) is 4.95. The molecule has 4 heteroatoms. The monoisotopic (exact) mass is 350 g/mol. The maximum atomic E-state index is 13.9. The summed E-state index contributed by atoms with van der Waals surface area (Å²) in [4.78, 5) is 2.02. The lowest BCUT2D eigenvalue weighted by molar-refractivity contribution is 0.597. The molecule has 0 fully saturated rings. The number of nitrogens with zero attached hydrogens (tertiary/aromatic N) is 1. The van der Waals surface area contributed by atoms with E-state index in [0.717, 1.165) is 29.5 Å². The van der Waals surface area contributed by atoms with Crippen LogP contribution in [0.15, 0.2) is 53.0 Å². The lowest BCUT2D eigenvalue weighted by atomic mass is 10.0. The Balaban J connectivity index is 2.04. The lowest BCUT2D eigenvalue weighted by Crippen LogP contribution is -2.28. The van der Waals surface area contributed by atoms with Gasteiger partial charge in [-0.05, 0) is 37.1 Å². The fraction of sp³-hybridized carbons (Fsp3) is 0.294. The number of para-hydroxylation sites is 1. The van der Waals surface area contributed by atoms with Gasteiger partial charge in [0.1, 0.15) is 5.82 Å². The summed E-state index contributed by atoms with van der Waals surface area (Å²) in [6.07, 6.45) is 0.769. The summed E-state index contributed by atoms with van der Waals surface area (Å²) in [5.41, 5.74) is 7.99. The van der Waals surface area contributed by atoms with E-state index in [2.05, 4.69) is 15.9 Å². The molecule has 2 aromatic rings. The maximum Gasteiger partial charge on any atom is 0.146 e. The number of nitrogens with two attached hydrogens (primary N) is 1. The Labute approximate surface area is 133 Å². The number of rotatable bonds is 6. The quantitative estimate of drug-likeness (QED) is 0.830. The van der Waals surface area contributed by atoms with Gasteiger partial charge in [0.2, 0.25) is 0 Å². The Hall–Kier alpha value is -1.39. The van der Waals surface area contributed by atoms with Crippen molar-refractivity contribution in [1.82, 2.24) is 0 Å². The van der Waals surface area contributed by atoms with Gasteiger partial charge >= 0.3 is 0 Å². The number of halogens is 2. The molecule has 112 valence electrons. The highest BCUT2D eigenvalue weighted by molar-refractivity contribution is 9.10. The van der Waals surface area contributed by atoms with E-state index in [-0.39, 0.29) is 11.9 Å². The van der Waals surface area contributed by atoms with Gasteiger partial charge in [-0.25, -0.2) is 4.39 Å². The van der Waals surface area contributed by atoms with E-state index in [1.54, 1.807) is 6.07 Å². The van der Waals surface area contributed by atoms with Crippen molar-refractivity contribution >= 4 is 21.6 Å². The standard InChI is InChI=1S/C17H20BrFN2/c1-2-21(17-10-6-5-9-15(17)19)12-11-16(20)13-7-3-4-8-14(13)18/h3-10,16H,2,11-12,20H2,1H3. The van der Waals surface area contributed by atoms with Crippen LogP contribution in [0.3, 0.4) is 0 Å². The van der Waals surface area contributed by atoms with Gasteiger partial charge in [-0.15, -0.1) is 0 Å². The molecule has 2 aromatic carbocycles. The first-order chi connectivity index (χ1) is 10.1. The van der Waals surface area contributed by atoms with Crippen LogP contribution in [0, 0.1) is 5.82 Å². The molecular formula is C17H20BrFN2. The molecule has 0 aliphatic heterocycles. The van der Waals surface area contributed by atoms with Gasteiger partial charge < -0.3 is 10.6 Å². The van der Waals surface area contributed by atoms with Crippen LogP contribution in [-0.2, 0) is 0 Å². The minimum Gasteiger partial charge on any atom is -0.369 e. The van der Waals surface area contributed by atoms with Crippen LogP contribution in [0.5, 0.6) is 0 Å². The predicted octanol–water partition coefficient (Wildman–Crippen LogP) is 4.50. The lowest BCUT2D eigenvalue weighted by Gasteiger charge is -2.25. The van der Waals surface area contributed by atoms with Crippen LogP contribution in [-0.4, -0.2) is 13.1 Å². The molecule has 0 saturated carbocycles. The van der Waals surface area contributed by atoms with Crippen LogP contribution in [0.25, 0.3) is 0 Å². The number of benzene rings is 2. The average Bonchev–Trinajstić information content (AvgIpc) is 2.49. The van der Waals surface area contributed by atoms with E-state index in [9.17, 15) is 4.39 Å². The fourth-order valence-electron chi connectivity index (χ4n) is 2.38. The van der Waals surface area contributed by atoms with Crippen molar-refractivity contribution in [3.8, 4) is 0 Å². The SMILES string of the molecule is CCN(CCC(N)c1ccccc1Br)c1ccccc1F. The first-order valence-electron chi connectivity index (χ1n) is 7.13. The highest BCUT2D eigenvalue weighted by Crippen LogP contribution is 2.25. The molecule has 2 nitrogen and oxygen atoms in total. The highest BCUT2D eigenvalue weighted by atomic mass is 79.9. The van der Waals surface area contributed by atoms with Gasteiger partial charge in [0.15, 0.2) is 0 Å². The minimum atomic E-state index is -0.186. The van der Waals surface area contributed by atoms with Crippen molar-refractivity contribution in [1.29, 1.82) is 0 Å². The summed E-state index contributed by atoms with van der Waals surface area (Å²) in [5.74, 6) is -0.186. The van der Waals surface area contributed by atoms with Crippen molar-refractivity contribution in [2.24, 2.45) is 5.73 Å². The van der Waals surface area contributed by atoms with E-state index < -0.39 is 0 Å². The van der Waals surface area contributed by atoms with Gasteiger partial charge in [0, 0.05) is 23.6 Å². The Morgan fingerprint density at radius 3 is 2.48 bits per heavy atom. The Kier molecular flexibility index (Phi) is 5.76. The molecule has 0 heterocycles. The van der Waals surface area contributed by atoms with Crippen molar-refractivity contribution < 1.29 is 4.39 Å². The van der Waals surface area contributed by atoms with Gasteiger partial charge in [0.25, 0.3) is 0 Å². The van der Waals surface area contributed by atoms with Crippen LogP contribution < -0.4 is 10.6 Å². The van der Waals surface area contributed by atoms with Crippen LogP contribution >= 0.6 is 15.9 Å². The normalized spacial score (nSPS) is 12.2. The van der Waals surface area contributed by atoms with Crippen LogP contribution in [0.2, 0.25) is 0 Å². The number of anilines is 1. The van der Waals surface area contributed by atoms with E-state index in [1.807, 2.05) is 48.2 Å². The van der Waals surface area contributed by atoms with Crippen LogP contribution in [0.1, 0.15) is 24.9 Å². The second-order valence-corrected chi connectivity index (χ2v) is 5.80. The largest absolute Gasteiger partial charge is 0.369 e. The molecule has 21 heavy (non-hydrogen) atoms. The third-order valence-electron chi connectivity index (χ3n) is 3.59. The van der Waals surface area contributed by atoms with Gasteiger partial charge in [-0.2, -0.15) is 0 Å². The van der Waals surface area contributed by atoms with Gasteiger partial charge in [0.05, 0.1) is 5.69 Å². The molecule has 2 N–H and O–H groups in total. The minimum absolute atomic E-state index is 0.0681. The number of hydrogen-bond acceptors (Lipinski definition) is 2. The smallest absolute Gasteiger partial charge is 0.146 e.